The van der Waals surface area contributed by atoms with Crippen molar-refractivity contribution in [3.8, 4) is 0 Å². The Morgan fingerprint density at radius 1 is 2.00 bits per heavy atom. The van der Waals surface area contributed by atoms with Gasteiger partial charge in [-0.05, 0) is 0 Å². The molecule has 1 aliphatic rings. The lowest BCUT2D eigenvalue weighted by molar-refractivity contribution is 0.686. The zero-order valence-corrected chi connectivity index (χ0v) is 5.34. The van der Waals surface area contributed by atoms with Crippen LogP contribution in [-0.4, -0.2) is 15.5 Å². The molecule has 4 heteroatoms. The van der Waals surface area contributed by atoms with Gasteiger partial charge in [-0.15, -0.1) is 30.0 Å². The van der Waals surface area contributed by atoms with Crippen LogP contribution < -0.4 is 5.32 Å². The van der Waals surface area contributed by atoms with E-state index < -0.39 is 10.8 Å². The fourth-order valence-electron chi connectivity index (χ4n) is 0.404. The summed E-state index contributed by atoms with van der Waals surface area (Å²) in [6, 6.07) is 0. The van der Waals surface area contributed by atoms with Gasteiger partial charge in [-0.25, -0.2) is 5.75 Å². The van der Waals surface area contributed by atoms with Crippen molar-refractivity contribution >= 4 is 23.4 Å². The molecule has 0 bridgehead atoms. The lowest BCUT2D eigenvalue weighted by Crippen LogP contribution is -2.16. The average Bonchev–Trinajstić information content (AvgIpc) is 1.91. The van der Waals surface area contributed by atoms with Gasteiger partial charge in [-0.2, -0.15) is 0 Å². The molecule has 0 aromatic heterocycles. The molecule has 0 aromatic rings. The zero-order chi connectivity index (χ0) is 5.28. The number of rotatable bonds is 0. The van der Waals surface area contributed by atoms with Gasteiger partial charge in [0.05, 0.1) is 4.71 Å². The molecule has 1 fully saturated rings. The van der Waals surface area contributed by atoms with Crippen molar-refractivity contribution in [2.24, 2.45) is 0 Å². The van der Waals surface area contributed by atoms with Gasteiger partial charge in [0.15, 0.2) is 0 Å². The van der Waals surface area contributed by atoms with E-state index in [1.165, 1.54) is 0 Å². The van der Waals surface area contributed by atoms with Crippen LogP contribution in [0.3, 0.4) is 0 Å². The summed E-state index contributed by atoms with van der Waals surface area (Å²) in [5.41, 5.74) is 0. The minimum atomic E-state index is -0.840. The van der Waals surface area contributed by atoms with Crippen LogP contribution in [0.25, 0.3) is 0 Å². The van der Waals surface area contributed by atoms with Crippen LogP contribution in [0.15, 0.2) is 0 Å². The summed E-state index contributed by atoms with van der Waals surface area (Å²) < 4.78 is 10.4. The Labute approximate surface area is 50.5 Å². The Balaban J connectivity index is 2.48. The molecule has 0 aromatic carbocycles. The molecule has 1 saturated heterocycles. The van der Waals surface area contributed by atoms with E-state index in [0.29, 0.717) is 0 Å². The maximum Gasteiger partial charge on any atom is 0.0948 e. The number of thiol groups is 1. The SMILES string of the molecule is O=S1[CH-]CNC1S. The maximum absolute atomic E-state index is 10.5. The molecule has 7 heavy (non-hydrogen) atoms. The summed E-state index contributed by atoms with van der Waals surface area (Å²) in [5.74, 6) is 1.71. The maximum atomic E-state index is 10.5. The third-order valence-electron chi connectivity index (χ3n) is 0.760. The molecule has 2 unspecified atom stereocenters. The molecule has 1 rings (SSSR count). The van der Waals surface area contributed by atoms with Crippen molar-refractivity contribution in [3.05, 3.63) is 5.75 Å². The number of nitrogens with one attached hydrogen (secondary N) is 1. The first-order chi connectivity index (χ1) is 3.30. The fourth-order valence-corrected chi connectivity index (χ4v) is 1.47. The normalized spacial score (nSPS) is 41.9. The van der Waals surface area contributed by atoms with Gasteiger partial charge in [-0.3, -0.25) is 4.21 Å². The summed E-state index contributed by atoms with van der Waals surface area (Å²) >= 11 is 3.94. The molecule has 0 aliphatic carbocycles. The van der Waals surface area contributed by atoms with Crippen LogP contribution in [0.1, 0.15) is 0 Å². The largest absolute Gasteiger partial charge is 0.326 e. The molecule has 1 aliphatic heterocycles. The number of hydrogen-bond acceptors (Lipinski definition) is 3. The monoisotopic (exact) mass is 136 g/mol. The predicted octanol–water partition coefficient (Wildman–Crippen LogP) is -0.287. The zero-order valence-electron chi connectivity index (χ0n) is 3.63. The molecule has 0 radical (unpaired) electrons. The van der Waals surface area contributed by atoms with Gasteiger partial charge >= 0.3 is 0 Å². The third-order valence-corrected chi connectivity index (χ3v) is 2.67. The van der Waals surface area contributed by atoms with E-state index in [-0.39, 0.29) is 4.71 Å². The van der Waals surface area contributed by atoms with Gasteiger partial charge in [0, 0.05) is 0 Å². The van der Waals surface area contributed by atoms with Crippen molar-refractivity contribution < 1.29 is 4.21 Å². The van der Waals surface area contributed by atoms with Crippen LogP contribution in [0.2, 0.25) is 0 Å². The van der Waals surface area contributed by atoms with Crippen LogP contribution in [0.4, 0.5) is 0 Å². The molecular weight excluding hydrogens is 130 g/mol. The van der Waals surface area contributed by atoms with Crippen molar-refractivity contribution in [1.29, 1.82) is 0 Å². The van der Waals surface area contributed by atoms with E-state index in [9.17, 15) is 4.21 Å². The van der Waals surface area contributed by atoms with Crippen molar-refractivity contribution in [2.45, 2.75) is 4.71 Å². The van der Waals surface area contributed by atoms with Gasteiger partial charge < -0.3 is 5.32 Å². The van der Waals surface area contributed by atoms with Crippen LogP contribution in [-0.2, 0) is 10.8 Å². The van der Waals surface area contributed by atoms with E-state index in [1.807, 2.05) is 0 Å². The second-order valence-corrected chi connectivity index (χ2v) is 3.58. The predicted molar refractivity (Wildman–Crippen MR) is 33.2 cm³/mol. The summed E-state index contributed by atoms with van der Waals surface area (Å²) in [6.45, 7) is 0.723. The van der Waals surface area contributed by atoms with E-state index in [0.717, 1.165) is 6.54 Å². The van der Waals surface area contributed by atoms with Crippen molar-refractivity contribution in [1.82, 2.24) is 5.32 Å². The first kappa shape index (κ1) is 5.59. The number of hydrogen-bond donors (Lipinski definition) is 2. The van der Waals surface area contributed by atoms with Crippen LogP contribution >= 0.6 is 12.6 Å². The smallest absolute Gasteiger partial charge is 0.0948 e. The first-order valence-electron chi connectivity index (χ1n) is 1.95. The Morgan fingerprint density at radius 3 is 2.86 bits per heavy atom. The van der Waals surface area contributed by atoms with Crippen LogP contribution in [0, 0.1) is 5.75 Å². The van der Waals surface area contributed by atoms with Gasteiger partial charge in [0.2, 0.25) is 0 Å². The summed E-state index contributed by atoms with van der Waals surface area (Å²) in [4.78, 5) is 0. The Kier molecular flexibility index (Phi) is 1.72. The molecule has 0 saturated carbocycles. The summed E-state index contributed by atoms with van der Waals surface area (Å²) in [6.07, 6.45) is 0. The quantitative estimate of drug-likeness (QED) is 0.354. The van der Waals surface area contributed by atoms with Crippen molar-refractivity contribution in [2.75, 3.05) is 6.54 Å². The highest BCUT2D eigenvalue weighted by atomic mass is 32.2. The lowest BCUT2D eigenvalue weighted by Gasteiger charge is -2.00. The molecular formula is C3H6NOS2-. The fraction of sp³-hybridized carbons (Fsp3) is 0.667. The van der Waals surface area contributed by atoms with E-state index in [2.05, 4.69) is 17.9 Å². The topological polar surface area (TPSA) is 29.1 Å². The molecule has 1 N–H and O–H groups in total. The highest BCUT2D eigenvalue weighted by molar-refractivity contribution is 8.02. The Bertz CT molecular complexity index is 94.9. The minimum absolute atomic E-state index is 0.125. The van der Waals surface area contributed by atoms with Gasteiger partial charge in [0.1, 0.15) is 0 Å². The lowest BCUT2D eigenvalue weighted by atomic mass is 10.8. The van der Waals surface area contributed by atoms with E-state index in [1.54, 1.807) is 5.75 Å². The van der Waals surface area contributed by atoms with Crippen molar-refractivity contribution in [3.63, 3.8) is 0 Å². The Morgan fingerprint density at radius 2 is 2.71 bits per heavy atom. The second-order valence-electron chi connectivity index (χ2n) is 1.26. The highest BCUT2D eigenvalue weighted by Crippen LogP contribution is 2.06. The molecule has 0 spiro atoms. The van der Waals surface area contributed by atoms with Crippen LogP contribution in [0.5, 0.6) is 0 Å². The van der Waals surface area contributed by atoms with E-state index in [4.69, 9.17) is 0 Å². The minimum Gasteiger partial charge on any atom is -0.326 e. The molecule has 0 amide bonds. The first-order valence-corrected chi connectivity index (χ1v) is 3.74. The average molecular weight is 136 g/mol. The molecule has 42 valence electrons. The van der Waals surface area contributed by atoms with E-state index >= 15 is 0 Å². The van der Waals surface area contributed by atoms with Gasteiger partial charge in [-0.1, -0.05) is 0 Å². The third kappa shape index (κ3) is 1.17. The Hall–Kier alpha value is 0.460. The summed E-state index contributed by atoms with van der Waals surface area (Å²) in [5, 5.41) is 2.88. The molecule has 1 heterocycles. The van der Waals surface area contributed by atoms with Gasteiger partial charge in [0.25, 0.3) is 0 Å². The molecule has 2 nitrogen and oxygen atoms in total. The highest BCUT2D eigenvalue weighted by Gasteiger charge is 2.06. The summed E-state index contributed by atoms with van der Waals surface area (Å²) in [7, 11) is -0.840. The second kappa shape index (κ2) is 2.15. The molecule has 2 atom stereocenters. The standard InChI is InChI=1S/C3H6NOS2/c5-7-2-1-4-3(7)6/h2-4,6H,1H2/q-1.